The summed E-state index contributed by atoms with van der Waals surface area (Å²) in [6, 6.07) is 21.3. The van der Waals surface area contributed by atoms with Crippen molar-refractivity contribution in [3.05, 3.63) is 60.7 Å². The molecule has 0 unspecified atom stereocenters. The summed E-state index contributed by atoms with van der Waals surface area (Å²) >= 11 is 0. The SMILES string of the molecule is CC1(C)OB(c2ccc3ccc4c5ccccc5ccc4c3n2)OC1(C)C. The summed E-state index contributed by atoms with van der Waals surface area (Å²) in [7, 11) is -0.449. The van der Waals surface area contributed by atoms with Gasteiger partial charge in [-0.15, -0.1) is 0 Å². The first-order valence-electron chi connectivity index (χ1n) is 9.42. The molecule has 1 fully saturated rings. The van der Waals surface area contributed by atoms with Crippen LogP contribution in [-0.4, -0.2) is 23.3 Å². The molecular formula is C23H22BNO2. The molecule has 3 aromatic carbocycles. The van der Waals surface area contributed by atoms with Crippen molar-refractivity contribution in [2.24, 2.45) is 0 Å². The van der Waals surface area contributed by atoms with Crippen molar-refractivity contribution in [3.63, 3.8) is 0 Å². The van der Waals surface area contributed by atoms with Crippen molar-refractivity contribution in [2.75, 3.05) is 0 Å². The van der Waals surface area contributed by atoms with Gasteiger partial charge < -0.3 is 9.31 Å². The van der Waals surface area contributed by atoms with E-state index in [0.717, 1.165) is 21.9 Å². The first-order valence-corrected chi connectivity index (χ1v) is 9.42. The first-order chi connectivity index (χ1) is 12.9. The van der Waals surface area contributed by atoms with Crippen LogP contribution in [0.2, 0.25) is 0 Å². The quantitative estimate of drug-likeness (QED) is 0.362. The number of rotatable bonds is 1. The lowest BCUT2D eigenvalue weighted by atomic mass is 9.83. The molecule has 0 spiro atoms. The molecule has 134 valence electrons. The van der Waals surface area contributed by atoms with Crippen molar-refractivity contribution in [1.29, 1.82) is 0 Å². The van der Waals surface area contributed by atoms with E-state index in [0.29, 0.717) is 0 Å². The van der Waals surface area contributed by atoms with Crippen LogP contribution < -0.4 is 5.59 Å². The maximum absolute atomic E-state index is 6.20. The molecule has 0 N–H and O–H groups in total. The van der Waals surface area contributed by atoms with E-state index in [-0.39, 0.29) is 11.2 Å². The van der Waals surface area contributed by atoms with Crippen LogP contribution in [0.15, 0.2) is 60.7 Å². The molecule has 1 aromatic heterocycles. The summed E-state index contributed by atoms with van der Waals surface area (Å²) < 4.78 is 12.4. The topological polar surface area (TPSA) is 31.4 Å². The van der Waals surface area contributed by atoms with Gasteiger partial charge in [-0.25, -0.2) is 0 Å². The largest absolute Gasteiger partial charge is 0.514 e. The smallest absolute Gasteiger partial charge is 0.398 e. The molecule has 3 nitrogen and oxygen atoms in total. The molecule has 0 radical (unpaired) electrons. The average Bonchev–Trinajstić information content (AvgIpc) is 2.88. The third-order valence-corrected chi connectivity index (χ3v) is 6.10. The summed E-state index contributed by atoms with van der Waals surface area (Å²) in [4.78, 5) is 4.97. The van der Waals surface area contributed by atoms with Crippen molar-refractivity contribution in [3.8, 4) is 0 Å². The summed E-state index contributed by atoms with van der Waals surface area (Å²) in [5.41, 5.74) is 1.07. The molecule has 4 aromatic rings. The maximum atomic E-state index is 6.20. The molecule has 0 aliphatic carbocycles. The first kappa shape index (κ1) is 16.7. The highest BCUT2D eigenvalue weighted by Crippen LogP contribution is 2.36. The third kappa shape index (κ3) is 2.48. The van der Waals surface area contributed by atoms with Gasteiger partial charge in [0.05, 0.1) is 22.3 Å². The fraction of sp³-hybridized carbons (Fsp3) is 0.261. The Labute approximate surface area is 159 Å². The van der Waals surface area contributed by atoms with Crippen molar-refractivity contribution in [1.82, 2.24) is 4.98 Å². The van der Waals surface area contributed by atoms with Gasteiger partial charge in [0.15, 0.2) is 0 Å². The van der Waals surface area contributed by atoms with Gasteiger partial charge in [-0.1, -0.05) is 54.6 Å². The maximum Gasteiger partial charge on any atom is 0.514 e. The molecule has 0 atom stereocenters. The minimum atomic E-state index is -0.449. The van der Waals surface area contributed by atoms with Gasteiger partial charge in [-0.3, -0.25) is 4.98 Å². The Morgan fingerprint density at radius 2 is 1.30 bits per heavy atom. The fourth-order valence-electron chi connectivity index (χ4n) is 3.79. The summed E-state index contributed by atoms with van der Waals surface area (Å²) in [6.45, 7) is 8.26. The molecule has 2 heterocycles. The van der Waals surface area contributed by atoms with Crippen LogP contribution in [0.5, 0.6) is 0 Å². The Balaban J connectivity index is 1.71. The minimum Gasteiger partial charge on any atom is -0.398 e. The van der Waals surface area contributed by atoms with E-state index in [9.17, 15) is 0 Å². The minimum absolute atomic E-state index is 0.372. The van der Waals surface area contributed by atoms with E-state index in [2.05, 4.69) is 82.3 Å². The lowest BCUT2D eigenvalue weighted by Gasteiger charge is -2.32. The lowest BCUT2D eigenvalue weighted by molar-refractivity contribution is 0.00578. The highest BCUT2D eigenvalue weighted by atomic mass is 16.7. The van der Waals surface area contributed by atoms with Crippen LogP contribution in [0, 0.1) is 0 Å². The molecular weight excluding hydrogens is 333 g/mol. The Hall–Kier alpha value is -2.43. The van der Waals surface area contributed by atoms with Gasteiger partial charge in [0.25, 0.3) is 0 Å². The van der Waals surface area contributed by atoms with Gasteiger partial charge in [0, 0.05) is 10.8 Å². The molecule has 0 bridgehead atoms. The molecule has 1 aliphatic heterocycles. The third-order valence-electron chi connectivity index (χ3n) is 6.10. The average molecular weight is 355 g/mol. The van der Waals surface area contributed by atoms with E-state index in [1.807, 2.05) is 6.07 Å². The summed E-state index contributed by atoms with van der Waals surface area (Å²) in [5.74, 6) is 0. The fourth-order valence-corrected chi connectivity index (χ4v) is 3.79. The predicted octanol–water partition coefficient (Wildman–Crippen LogP) is 4.84. The second-order valence-electron chi connectivity index (χ2n) is 8.34. The van der Waals surface area contributed by atoms with Crippen LogP contribution >= 0.6 is 0 Å². The molecule has 27 heavy (non-hydrogen) atoms. The predicted molar refractivity (Wildman–Crippen MR) is 112 cm³/mol. The van der Waals surface area contributed by atoms with E-state index >= 15 is 0 Å². The zero-order chi connectivity index (χ0) is 18.8. The van der Waals surface area contributed by atoms with Gasteiger partial charge in [-0.05, 0) is 49.9 Å². The summed E-state index contributed by atoms with van der Waals surface area (Å²) in [6.07, 6.45) is 0. The highest BCUT2D eigenvalue weighted by Gasteiger charge is 2.52. The summed E-state index contributed by atoms with van der Waals surface area (Å²) in [5, 5.41) is 5.99. The highest BCUT2D eigenvalue weighted by molar-refractivity contribution is 6.61. The van der Waals surface area contributed by atoms with E-state index < -0.39 is 7.12 Å². The van der Waals surface area contributed by atoms with Crippen molar-refractivity contribution in [2.45, 2.75) is 38.9 Å². The Morgan fingerprint density at radius 1 is 0.667 bits per heavy atom. The zero-order valence-electron chi connectivity index (χ0n) is 16.1. The van der Waals surface area contributed by atoms with Crippen LogP contribution in [0.4, 0.5) is 0 Å². The van der Waals surface area contributed by atoms with Crippen LogP contribution in [-0.2, 0) is 9.31 Å². The van der Waals surface area contributed by atoms with Crippen molar-refractivity contribution >= 4 is 45.2 Å². The number of pyridine rings is 1. The second kappa shape index (κ2) is 5.54. The molecule has 0 saturated carbocycles. The number of fused-ring (bicyclic) bond motifs is 5. The number of hydrogen-bond donors (Lipinski definition) is 0. The van der Waals surface area contributed by atoms with Crippen molar-refractivity contribution < 1.29 is 9.31 Å². The van der Waals surface area contributed by atoms with Crippen LogP contribution in [0.1, 0.15) is 27.7 Å². The number of benzene rings is 3. The van der Waals surface area contributed by atoms with Gasteiger partial charge in [0.2, 0.25) is 0 Å². The van der Waals surface area contributed by atoms with E-state index in [1.54, 1.807) is 0 Å². The molecule has 4 heteroatoms. The standard InChI is InChI=1S/C23H22BNO2/c1-22(2)23(3,4)27-24(26-22)20-14-11-16-10-12-18-17-8-6-5-7-15(17)9-13-19(18)21(16)25-20/h5-14H,1-4H3. The number of nitrogens with zero attached hydrogens (tertiary/aromatic N) is 1. The molecule has 1 saturated heterocycles. The van der Waals surface area contributed by atoms with Gasteiger partial charge >= 0.3 is 7.12 Å². The van der Waals surface area contributed by atoms with E-state index in [4.69, 9.17) is 14.3 Å². The van der Waals surface area contributed by atoms with Gasteiger partial charge in [-0.2, -0.15) is 0 Å². The number of hydrogen-bond acceptors (Lipinski definition) is 3. The Kier molecular flexibility index (Phi) is 3.43. The van der Waals surface area contributed by atoms with E-state index in [1.165, 1.54) is 16.2 Å². The Bertz CT molecular complexity index is 1180. The lowest BCUT2D eigenvalue weighted by Crippen LogP contribution is -2.41. The Morgan fingerprint density at radius 3 is 2.07 bits per heavy atom. The molecule has 0 amide bonds. The normalized spacial score (nSPS) is 18.6. The second-order valence-corrected chi connectivity index (χ2v) is 8.34. The molecule has 5 rings (SSSR count). The molecule has 1 aliphatic rings. The van der Waals surface area contributed by atoms with Gasteiger partial charge in [0.1, 0.15) is 0 Å². The van der Waals surface area contributed by atoms with Crippen LogP contribution in [0.25, 0.3) is 32.4 Å². The zero-order valence-corrected chi connectivity index (χ0v) is 16.1. The monoisotopic (exact) mass is 355 g/mol. The van der Waals surface area contributed by atoms with Crippen LogP contribution in [0.3, 0.4) is 0 Å². The number of aromatic nitrogens is 1.